The fraction of sp³-hybridized carbons (Fsp3) is 0.429. The molecule has 3 nitrogen and oxygen atoms in total. The molecule has 1 rings (SSSR count). The fourth-order valence-corrected chi connectivity index (χ4v) is 1.35. The largest absolute Gasteiger partial charge is 0.455 e. The number of esters is 1. The maximum absolute atomic E-state index is 11.4. The van der Waals surface area contributed by atoms with Crippen LogP contribution in [0.15, 0.2) is 30.3 Å². The van der Waals surface area contributed by atoms with E-state index in [9.17, 15) is 4.79 Å². The van der Waals surface area contributed by atoms with E-state index in [-0.39, 0.29) is 5.97 Å². The molecule has 0 aromatic heterocycles. The Kier molecular flexibility index (Phi) is 6.15. The van der Waals surface area contributed by atoms with Gasteiger partial charge in [0, 0.05) is 6.92 Å². The van der Waals surface area contributed by atoms with Crippen molar-refractivity contribution < 1.29 is 14.3 Å². The molecule has 1 aromatic rings. The molecule has 0 aliphatic heterocycles. The lowest BCUT2D eigenvalue weighted by Crippen LogP contribution is -2.20. The molecule has 0 bridgehead atoms. The Morgan fingerprint density at radius 2 is 2.06 bits per heavy atom. The molecular formula is C14H19O3. The molecule has 3 heteroatoms. The van der Waals surface area contributed by atoms with Crippen molar-refractivity contribution in [2.24, 2.45) is 0 Å². The summed E-state index contributed by atoms with van der Waals surface area (Å²) in [5.74, 6) is 0.378. The summed E-state index contributed by atoms with van der Waals surface area (Å²) in [6.45, 7) is 3.79. The Hall–Kier alpha value is -1.51. The quantitative estimate of drug-likeness (QED) is 0.413. The van der Waals surface area contributed by atoms with Gasteiger partial charge in [0.05, 0.1) is 6.42 Å². The summed E-state index contributed by atoms with van der Waals surface area (Å²) in [4.78, 5) is 11.4. The number of para-hydroxylation sites is 1. The predicted molar refractivity (Wildman–Crippen MR) is 66.4 cm³/mol. The SMILES string of the molecule is CCCC[CH]C(=O)OC(C)Oc1ccccc1. The minimum absolute atomic E-state index is 0.318. The van der Waals surface area contributed by atoms with Crippen LogP contribution in [0.1, 0.15) is 33.1 Å². The van der Waals surface area contributed by atoms with E-state index in [0.29, 0.717) is 5.75 Å². The first-order valence-corrected chi connectivity index (χ1v) is 5.98. The number of hydrogen-bond acceptors (Lipinski definition) is 3. The molecule has 1 atom stereocenters. The van der Waals surface area contributed by atoms with E-state index in [1.807, 2.05) is 30.3 Å². The highest BCUT2D eigenvalue weighted by atomic mass is 16.7. The molecule has 0 saturated carbocycles. The minimum atomic E-state index is -0.567. The van der Waals surface area contributed by atoms with Gasteiger partial charge in [-0.1, -0.05) is 38.0 Å². The average Bonchev–Trinajstić information content (AvgIpc) is 2.30. The van der Waals surface area contributed by atoms with Crippen molar-refractivity contribution in [2.75, 3.05) is 0 Å². The molecule has 93 valence electrons. The highest BCUT2D eigenvalue weighted by Crippen LogP contribution is 2.11. The maximum Gasteiger partial charge on any atom is 0.312 e. The van der Waals surface area contributed by atoms with Crippen molar-refractivity contribution in [3.8, 4) is 5.75 Å². The first-order chi connectivity index (χ1) is 8.22. The number of unbranched alkanes of at least 4 members (excludes halogenated alkanes) is 2. The van der Waals surface area contributed by atoms with Crippen LogP contribution in [-0.2, 0) is 9.53 Å². The van der Waals surface area contributed by atoms with Crippen LogP contribution < -0.4 is 4.74 Å². The molecule has 1 aromatic carbocycles. The second-order valence-corrected chi connectivity index (χ2v) is 3.78. The summed E-state index contributed by atoms with van der Waals surface area (Å²) in [6.07, 6.45) is 3.83. The summed E-state index contributed by atoms with van der Waals surface area (Å²) in [5, 5.41) is 0. The summed E-state index contributed by atoms with van der Waals surface area (Å²) < 4.78 is 10.5. The summed E-state index contributed by atoms with van der Waals surface area (Å²) in [6, 6.07) is 9.30. The lowest BCUT2D eigenvalue weighted by molar-refractivity contribution is -0.157. The third-order valence-corrected chi connectivity index (χ3v) is 2.20. The monoisotopic (exact) mass is 235 g/mol. The van der Waals surface area contributed by atoms with Gasteiger partial charge in [-0.15, -0.1) is 0 Å². The van der Waals surface area contributed by atoms with E-state index in [2.05, 4.69) is 6.92 Å². The smallest absolute Gasteiger partial charge is 0.312 e. The van der Waals surface area contributed by atoms with Crippen molar-refractivity contribution in [1.29, 1.82) is 0 Å². The van der Waals surface area contributed by atoms with Gasteiger partial charge in [-0.2, -0.15) is 0 Å². The molecule has 17 heavy (non-hydrogen) atoms. The average molecular weight is 235 g/mol. The Balaban J connectivity index is 2.25. The lowest BCUT2D eigenvalue weighted by Gasteiger charge is -2.15. The van der Waals surface area contributed by atoms with Gasteiger partial charge in [0.1, 0.15) is 5.75 Å². The normalized spacial score (nSPS) is 11.9. The molecule has 0 aliphatic carbocycles. The van der Waals surface area contributed by atoms with Crippen molar-refractivity contribution in [2.45, 2.75) is 39.4 Å². The Labute approximate surface area is 103 Å². The molecular weight excluding hydrogens is 216 g/mol. The molecule has 1 radical (unpaired) electrons. The second kappa shape index (κ2) is 7.71. The zero-order valence-electron chi connectivity index (χ0n) is 10.4. The van der Waals surface area contributed by atoms with E-state index in [0.717, 1.165) is 19.3 Å². The van der Waals surface area contributed by atoms with Gasteiger partial charge in [0.2, 0.25) is 6.29 Å². The van der Waals surface area contributed by atoms with Gasteiger partial charge in [0.15, 0.2) is 0 Å². The number of carbonyl (C=O) groups excluding carboxylic acids is 1. The molecule has 0 amide bonds. The van der Waals surface area contributed by atoms with Crippen molar-refractivity contribution in [3.63, 3.8) is 0 Å². The molecule has 0 spiro atoms. The van der Waals surface area contributed by atoms with Crippen LogP contribution in [-0.4, -0.2) is 12.3 Å². The predicted octanol–water partition coefficient (Wildman–Crippen LogP) is 3.35. The van der Waals surface area contributed by atoms with Crippen LogP contribution in [0.3, 0.4) is 0 Å². The van der Waals surface area contributed by atoms with Crippen molar-refractivity contribution in [1.82, 2.24) is 0 Å². The van der Waals surface area contributed by atoms with Gasteiger partial charge in [-0.25, -0.2) is 0 Å². The summed E-state index contributed by atoms with van der Waals surface area (Å²) in [7, 11) is 0. The fourth-order valence-electron chi connectivity index (χ4n) is 1.35. The molecule has 0 N–H and O–H groups in total. The van der Waals surface area contributed by atoms with Crippen LogP contribution in [0.2, 0.25) is 0 Å². The van der Waals surface area contributed by atoms with Gasteiger partial charge in [0.25, 0.3) is 0 Å². The molecule has 0 heterocycles. The molecule has 0 fully saturated rings. The first kappa shape index (κ1) is 13.6. The van der Waals surface area contributed by atoms with E-state index in [4.69, 9.17) is 9.47 Å². The lowest BCUT2D eigenvalue weighted by atomic mass is 10.2. The van der Waals surface area contributed by atoms with Crippen LogP contribution >= 0.6 is 0 Å². The van der Waals surface area contributed by atoms with Crippen LogP contribution in [0, 0.1) is 6.42 Å². The highest BCUT2D eigenvalue weighted by molar-refractivity contribution is 5.78. The van der Waals surface area contributed by atoms with E-state index in [1.54, 1.807) is 13.3 Å². The van der Waals surface area contributed by atoms with E-state index in [1.165, 1.54) is 0 Å². The number of rotatable bonds is 7. The van der Waals surface area contributed by atoms with Gasteiger partial charge in [-0.3, -0.25) is 4.79 Å². The zero-order valence-corrected chi connectivity index (χ0v) is 10.4. The second-order valence-electron chi connectivity index (χ2n) is 3.78. The van der Waals surface area contributed by atoms with Gasteiger partial charge >= 0.3 is 5.97 Å². The Morgan fingerprint density at radius 1 is 1.35 bits per heavy atom. The van der Waals surface area contributed by atoms with E-state index >= 15 is 0 Å². The van der Waals surface area contributed by atoms with Crippen molar-refractivity contribution in [3.05, 3.63) is 36.8 Å². The third kappa shape index (κ3) is 5.95. The van der Waals surface area contributed by atoms with Crippen LogP contribution in [0.25, 0.3) is 0 Å². The third-order valence-electron chi connectivity index (χ3n) is 2.20. The maximum atomic E-state index is 11.4. The Morgan fingerprint density at radius 3 is 2.71 bits per heavy atom. The highest BCUT2D eigenvalue weighted by Gasteiger charge is 2.10. The Bertz CT molecular complexity index is 321. The van der Waals surface area contributed by atoms with Gasteiger partial charge < -0.3 is 9.47 Å². The van der Waals surface area contributed by atoms with Gasteiger partial charge in [-0.05, 0) is 18.6 Å². The van der Waals surface area contributed by atoms with Crippen LogP contribution in [0.4, 0.5) is 0 Å². The first-order valence-electron chi connectivity index (χ1n) is 5.98. The minimum Gasteiger partial charge on any atom is -0.455 e. The number of benzene rings is 1. The summed E-state index contributed by atoms with van der Waals surface area (Å²) in [5.41, 5.74) is 0. The van der Waals surface area contributed by atoms with Crippen molar-refractivity contribution >= 4 is 5.97 Å². The summed E-state index contributed by atoms with van der Waals surface area (Å²) >= 11 is 0. The number of hydrogen-bond donors (Lipinski definition) is 0. The molecule has 1 unspecified atom stereocenters. The zero-order chi connectivity index (χ0) is 12.5. The topological polar surface area (TPSA) is 35.5 Å². The van der Waals surface area contributed by atoms with E-state index < -0.39 is 6.29 Å². The van der Waals surface area contributed by atoms with Crippen LogP contribution in [0.5, 0.6) is 5.75 Å². The molecule has 0 saturated heterocycles. The standard InChI is InChI=1S/C14H19O3/c1-3-4-6-11-14(15)17-12(2)16-13-9-7-5-8-10-13/h5,7-12H,3-4,6H2,1-2H3. The number of carbonyl (C=O) groups is 1. The number of ether oxygens (including phenoxy) is 2. The molecule has 0 aliphatic rings.